The van der Waals surface area contributed by atoms with Crippen LogP contribution in [0.5, 0.6) is 23.0 Å². The highest BCUT2D eigenvalue weighted by atomic mass is 35.5. The van der Waals surface area contributed by atoms with E-state index in [9.17, 15) is 4.39 Å². The third-order valence-electron chi connectivity index (χ3n) is 9.29. The van der Waals surface area contributed by atoms with Crippen molar-refractivity contribution in [3.8, 4) is 23.0 Å². The lowest BCUT2D eigenvalue weighted by molar-refractivity contribution is 0.310. The summed E-state index contributed by atoms with van der Waals surface area (Å²) in [7, 11) is 4.23. The molecule has 0 saturated carbocycles. The zero-order chi connectivity index (χ0) is 39.6. The van der Waals surface area contributed by atoms with E-state index in [2.05, 4.69) is 54.3 Å². The van der Waals surface area contributed by atoms with E-state index in [0.717, 1.165) is 63.9 Å². The van der Waals surface area contributed by atoms with Crippen molar-refractivity contribution in [3.63, 3.8) is 0 Å². The van der Waals surface area contributed by atoms with Crippen LogP contribution in [0.1, 0.15) is 0 Å². The van der Waals surface area contributed by atoms with Crippen LogP contribution in [0.25, 0.3) is 0 Å². The molecule has 15 heteroatoms. The minimum Gasteiger partial charge on any atom is -0.452 e. The first-order valence-corrected chi connectivity index (χ1v) is 19.3. The Hall–Kier alpha value is -5.73. The number of hydrogen-bond acceptors (Lipinski definition) is 12. The summed E-state index contributed by atoms with van der Waals surface area (Å²) >= 11 is 11.9. The summed E-state index contributed by atoms with van der Waals surface area (Å²) < 4.78 is 25.3. The van der Waals surface area contributed by atoms with Gasteiger partial charge in [-0.25, -0.2) is 14.4 Å². The first-order valence-electron chi connectivity index (χ1n) is 18.6. The first kappa shape index (κ1) is 39.5. The molecule has 0 atom stereocenters. The molecule has 4 heterocycles. The molecule has 0 bridgehead atoms. The standard InChI is InChI=1S/C21H21ClFN5O.C21H22ClN5O/c1-27-10-12-28(13-11-27)20-19(29-18-8-2-15(22)3-9-18)14-24-21(26-20)25-17-6-4-16(23)5-7-17;1-26-11-13-27(14-12-26)20-19(28-18-9-7-16(22)8-10-18)15-23-21(25-20)24-17-5-3-2-4-6-17/h2-9,14H,10-13H2,1H3,(H,24,25,26);2-10,15H,11-14H2,1H3,(H,23,24,25). The Bertz CT molecular complexity index is 2190. The second kappa shape index (κ2) is 18.9. The molecule has 2 saturated heterocycles. The number of nitrogens with zero attached hydrogens (tertiary/aromatic N) is 8. The third-order valence-corrected chi connectivity index (χ3v) is 9.80. The number of aromatic nitrogens is 4. The van der Waals surface area contributed by atoms with E-state index in [4.69, 9.17) is 42.6 Å². The Kier molecular flexibility index (Phi) is 13.1. The van der Waals surface area contributed by atoms with Gasteiger partial charge in [0.2, 0.25) is 11.9 Å². The minimum atomic E-state index is -0.290. The maximum Gasteiger partial charge on any atom is 0.229 e. The van der Waals surface area contributed by atoms with Crippen molar-refractivity contribution in [1.82, 2.24) is 29.7 Å². The van der Waals surface area contributed by atoms with Gasteiger partial charge < -0.3 is 39.7 Å². The molecule has 294 valence electrons. The summed E-state index contributed by atoms with van der Waals surface area (Å²) in [4.78, 5) is 27.3. The highest BCUT2D eigenvalue weighted by molar-refractivity contribution is 6.30. The summed E-state index contributed by atoms with van der Waals surface area (Å²) in [6.45, 7) is 7.26. The lowest BCUT2D eigenvalue weighted by Gasteiger charge is -2.33. The Labute approximate surface area is 341 Å². The van der Waals surface area contributed by atoms with Crippen molar-refractivity contribution in [2.24, 2.45) is 0 Å². The van der Waals surface area contributed by atoms with Gasteiger partial charge in [-0.3, -0.25) is 0 Å². The van der Waals surface area contributed by atoms with E-state index >= 15 is 0 Å². The number of rotatable bonds is 10. The monoisotopic (exact) mass is 808 g/mol. The van der Waals surface area contributed by atoms with E-state index in [-0.39, 0.29) is 5.82 Å². The second-order valence-corrected chi connectivity index (χ2v) is 14.5. The lowest BCUT2D eigenvalue weighted by Crippen LogP contribution is -2.45. The highest BCUT2D eigenvalue weighted by Gasteiger charge is 2.23. The van der Waals surface area contributed by atoms with Crippen LogP contribution >= 0.6 is 23.2 Å². The Morgan fingerprint density at radius 3 is 1.35 bits per heavy atom. The molecule has 6 aromatic rings. The van der Waals surface area contributed by atoms with Crippen LogP contribution in [-0.2, 0) is 0 Å². The van der Waals surface area contributed by atoms with Crippen molar-refractivity contribution in [3.05, 3.63) is 131 Å². The van der Waals surface area contributed by atoms with Crippen molar-refractivity contribution in [2.45, 2.75) is 0 Å². The number of nitrogens with one attached hydrogen (secondary N) is 2. The first-order chi connectivity index (χ1) is 27.7. The Balaban J connectivity index is 0.000000174. The van der Waals surface area contributed by atoms with E-state index in [1.165, 1.54) is 12.1 Å². The average molecular weight is 810 g/mol. The molecular weight excluding hydrogens is 766 g/mol. The molecule has 0 amide bonds. The number of para-hydroxylation sites is 1. The smallest absolute Gasteiger partial charge is 0.229 e. The molecule has 8 rings (SSSR count). The van der Waals surface area contributed by atoms with Gasteiger partial charge >= 0.3 is 0 Å². The minimum absolute atomic E-state index is 0.290. The van der Waals surface area contributed by atoms with E-state index < -0.39 is 0 Å². The molecule has 2 fully saturated rings. The van der Waals surface area contributed by atoms with Gasteiger partial charge in [-0.2, -0.15) is 9.97 Å². The molecule has 2 N–H and O–H groups in total. The van der Waals surface area contributed by atoms with Gasteiger partial charge in [-0.05, 0) is 99.0 Å². The number of benzene rings is 4. The van der Waals surface area contributed by atoms with Gasteiger partial charge in [-0.1, -0.05) is 41.4 Å². The third kappa shape index (κ3) is 11.2. The number of hydrogen-bond donors (Lipinski definition) is 2. The van der Waals surface area contributed by atoms with Crippen molar-refractivity contribution < 1.29 is 13.9 Å². The summed E-state index contributed by atoms with van der Waals surface area (Å²) in [5.41, 5.74) is 1.65. The van der Waals surface area contributed by atoms with Crippen LogP contribution in [0.3, 0.4) is 0 Å². The predicted molar refractivity (Wildman–Crippen MR) is 226 cm³/mol. The van der Waals surface area contributed by atoms with Crippen LogP contribution in [0.15, 0.2) is 116 Å². The normalized spacial score (nSPS) is 14.7. The molecule has 2 aliphatic rings. The van der Waals surface area contributed by atoms with Gasteiger partial charge in [0.05, 0.1) is 12.4 Å². The maximum absolute atomic E-state index is 13.2. The van der Waals surface area contributed by atoms with Crippen LogP contribution < -0.4 is 29.9 Å². The van der Waals surface area contributed by atoms with Crippen LogP contribution in [0.2, 0.25) is 10.0 Å². The molecule has 2 aliphatic heterocycles. The van der Waals surface area contributed by atoms with Gasteiger partial charge in [-0.15, -0.1) is 0 Å². The zero-order valence-electron chi connectivity index (χ0n) is 31.7. The largest absolute Gasteiger partial charge is 0.452 e. The molecule has 2 aromatic heterocycles. The number of halogens is 3. The molecule has 0 radical (unpaired) electrons. The molecular formula is C42H43Cl2FN10O2. The zero-order valence-corrected chi connectivity index (χ0v) is 33.2. The highest BCUT2D eigenvalue weighted by Crippen LogP contribution is 2.34. The fraction of sp³-hybridized carbons (Fsp3) is 0.238. The van der Waals surface area contributed by atoms with Gasteiger partial charge in [0.15, 0.2) is 23.1 Å². The SMILES string of the molecule is CN1CCN(c2nc(Nc3ccc(F)cc3)ncc2Oc2ccc(Cl)cc2)CC1.CN1CCN(c2nc(Nc3ccccc3)ncc2Oc2ccc(Cl)cc2)CC1. The van der Waals surface area contributed by atoms with E-state index in [1.807, 2.05) is 42.5 Å². The lowest BCUT2D eigenvalue weighted by atomic mass is 10.3. The van der Waals surface area contributed by atoms with Crippen LogP contribution in [-0.4, -0.2) is 96.2 Å². The quantitative estimate of drug-likeness (QED) is 0.138. The molecule has 0 spiro atoms. The summed E-state index contributed by atoms with van der Waals surface area (Å²) in [5.74, 6) is 4.75. The van der Waals surface area contributed by atoms with Gasteiger partial charge in [0.1, 0.15) is 17.3 Å². The second-order valence-electron chi connectivity index (χ2n) is 13.6. The summed E-state index contributed by atoms with van der Waals surface area (Å²) in [6.07, 6.45) is 3.38. The van der Waals surface area contributed by atoms with Gasteiger partial charge in [0.25, 0.3) is 0 Å². The number of likely N-dealkylation sites (N-methyl/N-ethyl adjacent to an activating group) is 2. The fourth-order valence-electron chi connectivity index (χ4n) is 6.05. The molecule has 57 heavy (non-hydrogen) atoms. The fourth-order valence-corrected chi connectivity index (χ4v) is 6.30. The number of ether oxygens (including phenoxy) is 2. The van der Waals surface area contributed by atoms with E-state index in [1.54, 1.807) is 60.9 Å². The maximum atomic E-state index is 13.2. The Morgan fingerprint density at radius 2 is 0.930 bits per heavy atom. The molecule has 4 aromatic carbocycles. The molecule has 0 unspecified atom stereocenters. The molecule has 0 aliphatic carbocycles. The van der Waals surface area contributed by atoms with Gasteiger partial charge in [0, 0.05) is 73.8 Å². The average Bonchev–Trinajstić information content (AvgIpc) is 3.23. The predicted octanol–water partition coefficient (Wildman–Crippen LogP) is 8.97. The number of piperazine rings is 2. The topological polar surface area (TPSA) is 107 Å². The summed E-state index contributed by atoms with van der Waals surface area (Å²) in [5, 5.41) is 7.69. The summed E-state index contributed by atoms with van der Waals surface area (Å²) in [6, 6.07) is 30.4. The van der Waals surface area contributed by atoms with Crippen molar-refractivity contribution >= 4 is 58.1 Å². The van der Waals surface area contributed by atoms with Crippen molar-refractivity contribution in [2.75, 3.05) is 86.9 Å². The van der Waals surface area contributed by atoms with Crippen molar-refractivity contribution in [1.29, 1.82) is 0 Å². The Morgan fingerprint density at radius 1 is 0.526 bits per heavy atom. The van der Waals surface area contributed by atoms with Crippen LogP contribution in [0, 0.1) is 5.82 Å². The number of anilines is 6. The molecule has 12 nitrogen and oxygen atoms in total. The van der Waals surface area contributed by atoms with E-state index in [0.29, 0.717) is 56.4 Å². The van der Waals surface area contributed by atoms with Crippen LogP contribution in [0.4, 0.5) is 39.3 Å².